The van der Waals surface area contributed by atoms with Crippen LogP contribution in [-0.2, 0) is 0 Å². The van der Waals surface area contributed by atoms with Crippen molar-refractivity contribution in [3.63, 3.8) is 0 Å². The third kappa shape index (κ3) is 2.04. The molecule has 1 saturated heterocycles. The molecule has 3 heteroatoms. The molecule has 2 N–H and O–H groups in total. The maximum Gasteiger partial charge on any atom is 0.0553 e. The molecule has 1 aromatic heterocycles. The number of pyridine rings is 1. The molecule has 1 aliphatic heterocycles. The first kappa shape index (κ1) is 9.46. The molecule has 0 spiro atoms. The van der Waals surface area contributed by atoms with Crippen LogP contribution >= 0.6 is 0 Å². The lowest BCUT2D eigenvalue weighted by atomic mass is 10.1. The Hall–Kier alpha value is -1.09. The second-order valence-electron chi connectivity index (χ2n) is 4.01. The normalized spacial score (nSPS) is 22.4. The minimum Gasteiger partial charge on any atom is -0.369 e. The highest BCUT2D eigenvalue weighted by Gasteiger charge is 2.16. The summed E-state index contributed by atoms with van der Waals surface area (Å²) in [7, 11) is 0. The van der Waals surface area contributed by atoms with Crippen molar-refractivity contribution >= 4 is 5.69 Å². The van der Waals surface area contributed by atoms with E-state index in [1.165, 1.54) is 12.1 Å². The van der Waals surface area contributed by atoms with Crippen molar-refractivity contribution in [1.82, 2.24) is 4.98 Å². The van der Waals surface area contributed by atoms with Gasteiger partial charge in [0.05, 0.1) is 11.9 Å². The van der Waals surface area contributed by atoms with Gasteiger partial charge >= 0.3 is 0 Å². The molecular formula is C11H17N3. The Balaban J connectivity index is 2.10. The Kier molecular flexibility index (Phi) is 2.68. The van der Waals surface area contributed by atoms with Crippen molar-refractivity contribution in [2.75, 3.05) is 18.0 Å². The zero-order chi connectivity index (χ0) is 9.97. The van der Waals surface area contributed by atoms with Crippen molar-refractivity contribution in [2.24, 2.45) is 5.73 Å². The average Bonchev–Trinajstić information content (AvgIpc) is 2.19. The molecule has 2 heterocycles. The quantitative estimate of drug-likeness (QED) is 0.728. The molecule has 3 nitrogen and oxygen atoms in total. The first-order valence-electron chi connectivity index (χ1n) is 5.19. The predicted molar refractivity (Wildman–Crippen MR) is 58.4 cm³/mol. The summed E-state index contributed by atoms with van der Waals surface area (Å²) in [5.74, 6) is 0. The molecule has 0 amide bonds. The van der Waals surface area contributed by atoms with Gasteiger partial charge in [0, 0.05) is 24.8 Å². The van der Waals surface area contributed by atoms with Gasteiger partial charge in [0.15, 0.2) is 0 Å². The van der Waals surface area contributed by atoms with E-state index < -0.39 is 0 Å². The molecule has 1 aromatic rings. The molecule has 0 bridgehead atoms. The number of nitrogens with two attached hydrogens (primary N) is 1. The summed E-state index contributed by atoms with van der Waals surface area (Å²) in [6.07, 6.45) is 4.28. The average molecular weight is 191 g/mol. The van der Waals surface area contributed by atoms with Crippen LogP contribution in [0.15, 0.2) is 18.3 Å². The summed E-state index contributed by atoms with van der Waals surface area (Å²) in [5.41, 5.74) is 8.19. The lowest BCUT2D eigenvalue weighted by Crippen LogP contribution is -2.42. The molecule has 1 atom stereocenters. The molecular weight excluding hydrogens is 174 g/mol. The first-order chi connectivity index (χ1) is 6.75. The topological polar surface area (TPSA) is 42.1 Å². The summed E-state index contributed by atoms with van der Waals surface area (Å²) in [5, 5.41) is 0. The van der Waals surface area contributed by atoms with Crippen molar-refractivity contribution in [3.8, 4) is 0 Å². The Morgan fingerprint density at radius 2 is 2.36 bits per heavy atom. The van der Waals surface area contributed by atoms with Crippen LogP contribution in [0, 0.1) is 6.92 Å². The third-order valence-corrected chi connectivity index (χ3v) is 2.72. The van der Waals surface area contributed by atoms with E-state index in [0.29, 0.717) is 6.04 Å². The van der Waals surface area contributed by atoms with Crippen molar-refractivity contribution < 1.29 is 0 Å². The lowest BCUT2D eigenvalue weighted by molar-refractivity contribution is 0.506. The summed E-state index contributed by atoms with van der Waals surface area (Å²) in [4.78, 5) is 6.62. The molecule has 2 rings (SSSR count). The number of anilines is 1. The van der Waals surface area contributed by atoms with Gasteiger partial charge in [-0.1, -0.05) is 0 Å². The number of aromatic nitrogens is 1. The van der Waals surface area contributed by atoms with E-state index in [9.17, 15) is 0 Å². The monoisotopic (exact) mass is 191 g/mol. The van der Waals surface area contributed by atoms with Crippen LogP contribution in [0.3, 0.4) is 0 Å². The highest BCUT2D eigenvalue weighted by atomic mass is 15.2. The van der Waals surface area contributed by atoms with Crippen LogP contribution in [0.2, 0.25) is 0 Å². The molecule has 14 heavy (non-hydrogen) atoms. The molecule has 1 aliphatic rings. The first-order valence-corrected chi connectivity index (χ1v) is 5.19. The maximum absolute atomic E-state index is 5.93. The fourth-order valence-electron chi connectivity index (χ4n) is 1.89. The Bertz CT molecular complexity index is 294. The van der Waals surface area contributed by atoms with Crippen LogP contribution in [0.5, 0.6) is 0 Å². The van der Waals surface area contributed by atoms with Gasteiger partial charge in [0.1, 0.15) is 0 Å². The zero-order valence-corrected chi connectivity index (χ0v) is 8.61. The SMILES string of the molecule is Cc1ccc(N2CCC[C@@H](N)C2)cn1. The number of hydrogen-bond donors (Lipinski definition) is 1. The number of aryl methyl sites for hydroxylation is 1. The van der Waals surface area contributed by atoms with E-state index in [0.717, 1.165) is 25.2 Å². The fraction of sp³-hybridized carbons (Fsp3) is 0.545. The van der Waals surface area contributed by atoms with Crippen LogP contribution in [-0.4, -0.2) is 24.1 Å². The van der Waals surface area contributed by atoms with Gasteiger partial charge in [-0.2, -0.15) is 0 Å². The smallest absolute Gasteiger partial charge is 0.0553 e. The summed E-state index contributed by atoms with van der Waals surface area (Å²) in [6.45, 7) is 4.08. The van der Waals surface area contributed by atoms with Gasteiger partial charge < -0.3 is 10.6 Å². The molecule has 0 aromatic carbocycles. The van der Waals surface area contributed by atoms with Gasteiger partial charge in [0.25, 0.3) is 0 Å². The van der Waals surface area contributed by atoms with E-state index in [1.54, 1.807) is 0 Å². The van der Waals surface area contributed by atoms with Crippen LogP contribution in [0.1, 0.15) is 18.5 Å². The van der Waals surface area contributed by atoms with E-state index in [1.807, 2.05) is 13.1 Å². The predicted octanol–water partition coefficient (Wildman–Crippen LogP) is 1.32. The zero-order valence-electron chi connectivity index (χ0n) is 8.61. The number of piperidine rings is 1. The van der Waals surface area contributed by atoms with Gasteiger partial charge in [0.2, 0.25) is 0 Å². The number of hydrogen-bond acceptors (Lipinski definition) is 3. The standard InChI is InChI=1S/C11H17N3/c1-9-4-5-11(7-13-9)14-6-2-3-10(12)8-14/h4-5,7,10H,2-3,6,8,12H2,1H3/t10-/m1/s1. The molecule has 0 aliphatic carbocycles. The van der Waals surface area contributed by atoms with Gasteiger partial charge in [-0.3, -0.25) is 4.98 Å². The molecule has 0 radical (unpaired) electrons. The second-order valence-corrected chi connectivity index (χ2v) is 4.01. The maximum atomic E-state index is 5.93. The molecule has 76 valence electrons. The summed E-state index contributed by atoms with van der Waals surface area (Å²) in [6, 6.07) is 4.50. The van der Waals surface area contributed by atoms with Crippen molar-refractivity contribution in [1.29, 1.82) is 0 Å². The Morgan fingerprint density at radius 1 is 1.50 bits per heavy atom. The largest absolute Gasteiger partial charge is 0.369 e. The Labute approximate surface area is 84.9 Å². The molecule has 0 saturated carbocycles. The summed E-state index contributed by atoms with van der Waals surface area (Å²) >= 11 is 0. The van der Waals surface area contributed by atoms with E-state index in [4.69, 9.17) is 5.73 Å². The van der Waals surface area contributed by atoms with Crippen molar-refractivity contribution in [2.45, 2.75) is 25.8 Å². The van der Waals surface area contributed by atoms with E-state index in [2.05, 4.69) is 22.0 Å². The van der Waals surface area contributed by atoms with Gasteiger partial charge in [-0.15, -0.1) is 0 Å². The highest BCUT2D eigenvalue weighted by Crippen LogP contribution is 2.18. The summed E-state index contributed by atoms with van der Waals surface area (Å²) < 4.78 is 0. The minimum atomic E-state index is 0.324. The van der Waals surface area contributed by atoms with Gasteiger partial charge in [-0.25, -0.2) is 0 Å². The highest BCUT2D eigenvalue weighted by molar-refractivity contribution is 5.45. The fourth-order valence-corrected chi connectivity index (χ4v) is 1.89. The number of rotatable bonds is 1. The molecule has 0 unspecified atom stereocenters. The minimum absolute atomic E-state index is 0.324. The van der Waals surface area contributed by atoms with Crippen molar-refractivity contribution in [3.05, 3.63) is 24.0 Å². The van der Waals surface area contributed by atoms with E-state index in [-0.39, 0.29) is 0 Å². The molecule has 1 fully saturated rings. The van der Waals surface area contributed by atoms with Gasteiger partial charge in [-0.05, 0) is 31.9 Å². The number of nitrogens with zero attached hydrogens (tertiary/aromatic N) is 2. The van der Waals surface area contributed by atoms with Crippen LogP contribution in [0.4, 0.5) is 5.69 Å². The lowest BCUT2D eigenvalue weighted by Gasteiger charge is -2.32. The van der Waals surface area contributed by atoms with Crippen LogP contribution < -0.4 is 10.6 Å². The van der Waals surface area contributed by atoms with E-state index >= 15 is 0 Å². The Morgan fingerprint density at radius 3 is 3.00 bits per heavy atom. The van der Waals surface area contributed by atoms with Crippen LogP contribution in [0.25, 0.3) is 0 Å². The second kappa shape index (κ2) is 3.96. The third-order valence-electron chi connectivity index (χ3n) is 2.72.